The molecule has 25 heavy (non-hydrogen) atoms. The molecule has 2 heterocycles. The molecule has 0 bridgehead atoms. The van der Waals surface area contributed by atoms with Gasteiger partial charge in [-0.1, -0.05) is 0 Å². The average Bonchev–Trinajstić information content (AvgIpc) is 3.09. The summed E-state index contributed by atoms with van der Waals surface area (Å²) in [6.07, 6.45) is 11.1. The van der Waals surface area contributed by atoms with Gasteiger partial charge >= 0.3 is 0 Å². The van der Waals surface area contributed by atoms with Gasteiger partial charge in [-0.2, -0.15) is 5.10 Å². The van der Waals surface area contributed by atoms with E-state index in [-0.39, 0.29) is 11.6 Å². The predicted molar refractivity (Wildman–Crippen MR) is 97.6 cm³/mol. The number of aryl methyl sites for hydroxylation is 2. The molecular weight excluding hydrogens is 312 g/mol. The Labute approximate surface area is 148 Å². The molecule has 4 rings (SSSR count). The van der Waals surface area contributed by atoms with Crippen LogP contribution < -0.4 is 10.9 Å². The van der Waals surface area contributed by atoms with Crippen molar-refractivity contribution in [2.24, 2.45) is 0 Å². The first-order valence-corrected chi connectivity index (χ1v) is 9.48. The van der Waals surface area contributed by atoms with Crippen molar-refractivity contribution in [1.29, 1.82) is 0 Å². The van der Waals surface area contributed by atoms with Crippen molar-refractivity contribution in [2.45, 2.75) is 70.0 Å². The van der Waals surface area contributed by atoms with Crippen molar-refractivity contribution in [1.82, 2.24) is 20.1 Å². The van der Waals surface area contributed by atoms with Crippen LogP contribution in [0.15, 0.2) is 35.4 Å². The van der Waals surface area contributed by atoms with E-state index in [2.05, 4.69) is 34.5 Å². The highest BCUT2D eigenvalue weighted by atomic mass is 16.1. The highest BCUT2D eigenvalue weighted by Gasteiger charge is 2.26. The fourth-order valence-corrected chi connectivity index (χ4v) is 4.27. The zero-order valence-corrected chi connectivity index (χ0v) is 14.8. The second kappa shape index (κ2) is 7.08. The van der Waals surface area contributed by atoms with E-state index < -0.39 is 0 Å². The molecule has 0 amide bonds. The van der Waals surface area contributed by atoms with Crippen molar-refractivity contribution in [3.05, 3.63) is 57.8 Å². The largest absolute Gasteiger partial charge is 0.307 e. The zero-order valence-electron chi connectivity index (χ0n) is 14.8. The van der Waals surface area contributed by atoms with Crippen LogP contribution in [0.3, 0.4) is 0 Å². The molecule has 1 fully saturated rings. The number of aromatic nitrogens is 3. The van der Waals surface area contributed by atoms with Crippen LogP contribution in [0.1, 0.15) is 67.9 Å². The lowest BCUT2D eigenvalue weighted by Crippen LogP contribution is -2.38. The van der Waals surface area contributed by atoms with Crippen molar-refractivity contribution >= 4 is 0 Å². The molecule has 1 N–H and O–H groups in total. The minimum Gasteiger partial charge on any atom is -0.307 e. The van der Waals surface area contributed by atoms with Gasteiger partial charge in [-0.3, -0.25) is 9.78 Å². The summed E-state index contributed by atoms with van der Waals surface area (Å²) in [4.78, 5) is 16.5. The highest BCUT2D eigenvalue weighted by Crippen LogP contribution is 2.29. The van der Waals surface area contributed by atoms with Gasteiger partial charge in [-0.25, -0.2) is 4.68 Å². The molecule has 0 aromatic carbocycles. The molecule has 5 nitrogen and oxygen atoms in total. The maximum Gasteiger partial charge on any atom is 0.267 e. The van der Waals surface area contributed by atoms with E-state index in [0.717, 1.165) is 50.6 Å². The van der Waals surface area contributed by atoms with Crippen LogP contribution in [-0.4, -0.2) is 20.8 Å². The number of fused-ring (bicyclic) bond motifs is 1. The number of hydrogen-bond acceptors (Lipinski definition) is 4. The molecule has 2 aliphatic rings. The Hall–Kier alpha value is -2.01. The summed E-state index contributed by atoms with van der Waals surface area (Å²) in [5.41, 5.74) is 3.67. The molecule has 0 radical (unpaired) electrons. The minimum atomic E-state index is 0.0854. The van der Waals surface area contributed by atoms with E-state index in [1.165, 1.54) is 11.1 Å². The van der Waals surface area contributed by atoms with E-state index in [9.17, 15) is 4.79 Å². The molecule has 1 atom stereocenters. The van der Waals surface area contributed by atoms with Gasteiger partial charge in [0.15, 0.2) is 0 Å². The molecule has 0 spiro atoms. The minimum absolute atomic E-state index is 0.0854. The van der Waals surface area contributed by atoms with Crippen LogP contribution in [-0.2, 0) is 12.8 Å². The lowest BCUT2D eigenvalue weighted by atomic mass is 9.90. The molecular formula is C20H26N4O. The van der Waals surface area contributed by atoms with Gasteiger partial charge in [0, 0.05) is 30.5 Å². The second-order valence-corrected chi connectivity index (χ2v) is 7.43. The maximum atomic E-state index is 12.4. The van der Waals surface area contributed by atoms with E-state index in [1.54, 1.807) is 4.68 Å². The van der Waals surface area contributed by atoms with Gasteiger partial charge in [0.25, 0.3) is 5.56 Å². The molecule has 1 unspecified atom stereocenters. The van der Waals surface area contributed by atoms with Gasteiger partial charge in [-0.05, 0) is 75.1 Å². The molecule has 2 aromatic rings. The third-order valence-electron chi connectivity index (χ3n) is 5.72. The summed E-state index contributed by atoms with van der Waals surface area (Å²) in [6, 6.07) is 7.04. The summed E-state index contributed by atoms with van der Waals surface area (Å²) in [5, 5.41) is 8.41. The van der Waals surface area contributed by atoms with E-state index in [0.29, 0.717) is 12.1 Å². The smallest absolute Gasteiger partial charge is 0.267 e. The van der Waals surface area contributed by atoms with Crippen LogP contribution >= 0.6 is 0 Å². The summed E-state index contributed by atoms with van der Waals surface area (Å²) < 4.78 is 1.77. The third kappa shape index (κ3) is 3.52. The van der Waals surface area contributed by atoms with E-state index in [1.807, 2.05) is 18.5 Å². The van der Waals surface area contributed by atoms with Gasteiger partial charge < -0.3 is 5.32 Å². The van der Waals surface area contributed by atoms with Gasteiger partial charge in [-0.15, -0.1) is 0 Å². The Morgan fingerprint density at radius 3 is 2.68 bits per heavy atom. The Morgan fingerprint density at radius 1 is 1.16 bits per heavy atom. The zero-order chi connectivity index (χ0) is 17.2. The summed E-state index contributed by atoms with van der Waals surface area (Å²) in [5.74, 6) is 0. The molecule has 0 aliphatic heterocycles. The number of rotatable bonds is 4. The van der Waals surface area contributed by atoms with Crippen molar-refractivity contribution < 1.29 is 0 Å². The van der Waals surface area contributed by atoms with E-state index in [4.69, 9.17) is 0 Å². The summed E-state index contributed by atoms with van der Waals surface area (Å²) in [7, 11) is 0. The summed E-state index contributed by atoms with van der Waals surface area (Å²) in [6.45, 7) is 2.20. The first-order valence-electron chi connectivity index (χ1n) is 9.48. The van der Waals surface area contributed by atoms with Crippen molar-refractivity contribution in [3.8, 4) is 0 Å². The van der Waals surface area contributed by atoms with Crippen LogP contribution in [0.25, 0.3) is 0 Å². The highest BCUT2D eigenvalue weighted by molar-refractivity contribution is 5.22. The number of pyridine rings is 1. The number of hydrogen-bond donors (Lipinski definition) is 1. The first-order chi connectivity index (χ1) is 12.2. The van der Waals surface area contributed by atoms with Gasteiger partial charge in [0.2, 0.25) is 0 Å². The Balaban J connectivity index is 1.38. The lowest BCUT2D eigenvalue weighted by Gasteiger charge is -2.31. The molecule has 5 heteroatoms. The molecule has 1 saturated carbocycles. The average molecular weight is 338 g/mol. The molecule has 0 saturated heterocycles. The van der Waals surface area contributed by atoms with Crippen LogP contribution in [0, 0.1) is 0 Å². The first kappa shape index (κ1) is 16.5. The van der Waals surface area contributed by atoms with Gasteiger partial charge in [0.05, 0.1) is 11.7 Å². The molecule has 2 aromatic heterocycles. The van der Waals surface area contributed by atoms with Crippen molar-refractivity contribution in [3.63, 3.8) is 0 Å². The Kier molecular flexibility index (Phi) is 4.66. The lowest BCUT2D eigenvalue weighted by molar-refractivity contribution is 0.258. The third-order valence-corrected chi connectivity index (χ3v) is 5.72. The SMILES string of the molecule is CC(NC1CCC(n2nc3c(cc2=O)CCC3)CC1)c1ccncc1. The van der Waals surface area contributed by atoms with Crippen LogP contribution in [0.4, 0.5) is 0 Å². The normalized spacial score (nSPS) is 24.0. The Morgan fingerprint density at radius 2 is 1.92 bits per heavy atom. The standard InChI is InChI=1S/C20H26N4O/c1-14(15-9-11-21-12-10-15)22-17-5-7-18(8-6-17)24-20(25)13-16-3-2-4-19(16)23-24/h9-14,17-18,22H,2-8H2,1H3. The van der Waals surface area contributed by atoms with Crippen LogP contribution in [0.2, 0.25) is 0 Å². The van der Waals surface area contributed by atoms with Crippen LogP contribution in [0.5, 0.6) is 0 Å². The monoisotopic (exact) mass is 338 g/mol. The molecule has 132 valence electrons. The number of nitrogens with one attached hydrogen (secondary N) is 1. The second-order valence-electron chi connectivity index (χ2n) is 7.43. The fraction of sp³-hybridized carbons (Fsp3) is 0.550. The topological polar surface area (TPSA) is 59.8 Å². The van der Waals surface area contributed by atoms with Gasteiger partial charge in [0.1, 0.15) is 0 Å². The maximum absolute atomic E-state index is 12.4. The number of nitrogens with zero attached hydrogens (tertiary/aromatic N) is 3. The quantitative estimate of drug-likeness (QED) is 0.931. The summed E-state index contributed by atoms with van der Waals surface area (Å²) >= 11 is 0. The van der Waals surface area contributed by atoms with Crippen molar-refractivity contribution in [2.75, 3.05) is 0 Å². The predicted octanol–water partition coefficient (Wildman–Crippen LogP) is 2.96. The fourth-order valence-electron chi connectivity index (χ4n) is 4.27. The van der Waals surface area contributed by atoms with E-state index >= 15 is 0 Å². The molecule has 2 aliphatic carbocycles. The Bertz CT molecular complexity index is 778.